The molecule has 8 nitrogen and oxygen atoms in total. The number of hydrogen-bond donors (Lipinski definition) is 0. The number of imide groups is 1. The Morgan fingerprint density at radius 2 is 2.03 bits per heavy atom. The van der Waals surface area contributed by atoms with E-state index in [0.717, 1.165) is 32.3 Å². The van der Waals surface area contributed by atoms with Crippen LogP contribution < -0.4 is 4.74 Å². The van der Waals surface area contributed by atoms with E-state index in [1.165, 1.54) is 12.0 Å². The highest BCUT2D eigenvalue weighted by molar-refractivity contribution is 6.11. The lowest BCUT2D eigenvalue weighted by molar-refractivity contribution is -0.142. The first-order valence-corrected chi connectivity index (χ1v) is 11.8. The number of rotatable bonds is 11. The first-order valence-electron chi connectivity index (χ1n) is 11.8. The second-order valence-corrected chi connectivity index (χ2v) is 8.93. The summed E-state index contributed by atoms with van der Waals surface area (Å²) in [6, 6.07) is 7.16. The van der Waals surface area contributed by atoms with Gasteiger partial charge in [-0.05, 0) is 38.2 Å². The van der Waals surface area contributed by atoms with E-state index in [2.05, 4.69) is 0 Å². The van der Waals surface area contributed by atoms with Gasteiger partial charge in [0.25, 0.3) is 0 Å². The van der Waals surface area contributed by atoms with Crippen molar-refractivity contribution < 1.29 is 28.6 Å². The Morgan fingerprint density at radius 1 is 1.24 bits per heavy atom. The van der Waals surface area contributed by atoms with Crippen LogP contribution in [0.25, 0.3) is 0 Å². The molecule has 1 aromatic rings. The highest BCUT2D eigenvalue weighted by atomic mass is 16.5. The summed E-state index contributed by atoms with van der Waals surface area (Å²) >= 11 is 0. The molecule has 0 spiro atoms. The van der Waals surface area contributed by atoms with Crippen LogP contribution >= 0.6 is 0 Å². The fourth-order valence-electron chi connectivity index (χ4n) is 4.77. The zero-order chi connectivity index (χ0) is 23.8. The lowest BCUT2D eigenvalue weighted by atomic mass is 9.75. The maximum absolute atomic E-state index is 13.7. The number of carbonyl (C=O) groups excluding carboxylic acids is 3. The van der Waals surface area contributed by atoms with Crippen LogP contribution in [0.4, 0.5) is 0 Å². The van der Waals surface area contributed by atoms with Crippen LogP contribution in [0.5, 0.6) is 5.75 Å². The Hall–Kier alpha value is -2.45. The van der Waals surface area contributed by atoms with Crippen molar-refractivity contribution in [3.63, 3.8) is 0 Å². The number of hydrogen-bond acceptors (Lipinski definition) is 6. The van der Waals surface area contributed by atoms with Gasteiger partial charge in [0.05, 0.1) is 18.6 Å². The van der Waals surface area contributed by atoms with Gasteiger partial charge in [-0.15, -0.1) is 0 Å². The summed E-state index contributed by atoms with van der Waals surface area (Å²) < 4.78 is 16.4. The molecule has 3 amide bonds. The third-order valence-corrected chi connectivity index (χ3v) is 6.70. The molecule has 0 N–H and O–H groups in total. The van der Waals surface area contributed by atoms with Crippen molar-refractivity contribution in [3.8, 4) is 5.75 Å². The van der Waals surface area contributed by atoms with Gasteiger partial charge in [-0.25, -0.2) is 0 Å². The molecule has 2 aliphatic heterocycles. The minimum Gasteiger partial charge on any atom is -0.496 e. The molecule has 2 saturated heterocycles. The summed E-state index contributed by atoms with van der Waals surface area (Å²) in [6.45, 7) is 2.04. The van der Waals surface area contributed by atoms with Crippen LogP contribution in [0.3, 0.4) is 0 Å². The summed E-state index contributed by atoms with van der Waals surface area (Å²) in [7, 11) is 4.86. The summed E-state index contributed by atoms with van der Waals surface area (Å²) in [6.07, 6.45) is 4.59. The Balaban J connectivity index is 1.81. The van der Waals surface area contributed by atoms with Crippen molar-refractivity contribution in [3.05, 3.63) is 29.8 Å². The minimum atomic E-state index is -1.27. The van der Waals surface area contributed by atoms with Gasteiger partial charge in [-0.2, -0.15) is 0 Å². The Bertz CT molecular complexity index is 838. The van der Waals surface area contributed by atoms with Gasteiger partial charge in [0.2, 0.25) is 17.7 Å². The van der Waals surface area contributed by atoms with E-state index in [4.69, 9.17) is 14.2 Å². The second-order valence-electron chi connectivity index (χ2n) is 8.93. The topological polar surface area (TPSA) is 85.4 Å². The maximum Gasteiger partial charge on any atom is 0.241 e. The van der Waals surface area contributed by atoms with Gasteiger partial charge < -0.3 is 19.1 Å². The normalized spacial score (nSPS) is 23.1. The second kappa shape index (κ2) is 11.6. The molecule has 0 aromatic heterocycles. The summed E-state index contributed by atoms with van der Waals surface area (Å²) in [4.78, 5) is 42.9. The quantitative estimate of drug-likeness (QED) is 0.373. The molecule has 0 saturated carbocycles. The molecule has 0 unspecified atom stereocenters. The molecule has 3 rings (SSSR count). The number of likely N-dealkylation sites (tertiary alicyclic amines) is 1. The maximum atomic E-state index is 13.7. The minimum absolute atomic E-state index is 0.0511. The number of benzene rings is 1. The standard InChI is InChI=1S/C25H36N2O6/c1-26(14-12-19-9-6-7-16-33-19)22(28)17-25(20-10-4-5-11-21(20)32-3)18-23(29)27(24(25)30)13-8-15-31-2/h4-5,10-11,19H,6-9,12-18H2,1-3H3/t19-,25-/m1/s1. The van der Waals surface area contributed by atoms with E-state index in [-0.39, 0.29) is 43.2 Å². The molecular weight excluding hydrogens is 424 g/mol. The van der Waals surface area contributed by atoms with E-state index >= 15 is 0 Å². The van der Waals surface area contributed by atoms with Crippen LogP contribution in [0.15, 0.2) is 24.3 Å². The predicted octanol–water partition coefficient (Wildman–Crippen LogP) is 2.54. The van der Waals surface area contributed by atoms with Crippen LogP contribution in [0.2, 0.25) is 0 Å². The van der Waals surface area contributed by atoms with Gasteiger partial charge in [-0.1, -0.05) is 18.2 Å². The molecule has 0 radical (unpaired) electrons. The lowest BCUT2D eigenvalue weighted by Gasteiger charge is -2.31. The largest absolute Gasteiger partial charge is 0.496 e. The molecule has 0 aliphatic carbocycles. The molecule has 182 valence electrons. The van der Waals surface area contributed by atoms with Crippen LogP contribution in [-0.2, 0) is 29.3 Å². The van der Waals surface area contributed by atoms with Crippen molar-refractivity contribution in [2.45, 2.75) is 56.5 Å². The Morgan fingerprint density at radius 3 is 2.73 bits per heavy atom. The van der Waals surface area contributed by atoms with E-state index in [9.17, 15) is 14.4 Å². The molecule has 8 heteroatoms. The third kappa shape index (κ3) is 5.73. The van der Waals surface area contributed by atoms with Crippen molar-refractivity contribution in [1.29, 1.82) is 0 Å². The Kier molecular flexibility index (Phi) is 8.86. The molecule has 2 atom stereocenters. The fraction of sp³-hybridized carbons (Fsp3) is 0.640. The number of ether oxygens (including phenoxy) is 3. The first kappa shape index (κ1) is 25.2. The number of methoxy groups -OCH3 is 2. The average Bonchev–Trinajstić information content (AvgIpc) is 3.07. The Labute approximate surface area is 196 Å². The van der Waals surface area contributed by atoms with Crippen molar-refractivity contribution in [2.75, 3.05) is 47.6 Å². The van der Waals surface area contributed by atoms with E-state index in [1.807, 2.05) is 6.07 Å². The van der Waals surface area contributed by atoms with Gasteiger partial charge in [-0.3, -0.25) is 19.3 Å². The summed E-state index contributed by atoms with van der Waals surface area (Å²) in [5.74, 6) is -0.279. The monoisotopic (exact) mass is 460 g/mol. The molecule has 33 heavy (non-hydrogen) atoms. The smallest absolute Gasteiger partial charge is 0.241 e. The zero-order valence-corrected chi connectivity index (χ0v) is 20.0. The molecule has 0 bridgehead atoms. The summed E-state index contributed by atoms with van der Waals surface area (Å²) in [5, 5.41) is 0. The highest BCUT2D eigenvalue weighted by Crippen LogP contribution is 2.44. The van der Waals surface area contributed by atoms with Gasteiger partial charge >= 0.3 is 0 Å². The highest BCUT2D eigenvalue weighted by Gasteiger charge is 2.55. The number of amides is 3. The van der Waals surface area contributed by atoms with Crippen LogP contribution in [0, 0.1) is 0 Å². The molecular formula is C25H36N2O6. The molecule has 2 aliphatic rings. The SMILES string of the molecule is COCCCN1C(=O)C[C@](CC(=O)N(C)CC[C@H]2CCCCO2)(c2ccccc2OC)C1=O. The lowest BCUT2D eigenvalue weighted by Crippen LogP contribution is -2.43. The van der Waals surface area contributed by atoms with E-state index in [1.54, 1.807) is 37.3 Å². The van der Waals surface area contributed by atoms with Crippen molar-refractivity contribution in [1.82, 2.24) is 9.80 Å². The molecule has 2 fully saturated rings. The van der Waals surface area contributed by atoms with E-state index in [0.29, 0.717) is 30.9 Å². The molecule has 2 heterocycles. The van der Waals surface area contributed by atoms with Gasteiger partial charge in [0.15, 0.2) is 0 Å². The third-order valence-electron chi connectivity index (χ3n) is 6.70. The van der Waals surface area contributed by atoms with Gasteiger partial charge in [0, 0.05) is 58.9 Å². The number of para-hydroxylation sites is 1. The summed E-state index contributed by atoms with van der Waals surface area (Å²) in [5.41, 5.74) is -0.693. The molecule has 1 aromatic carbocycles. The predicted molar refractivity (Wildman–Crippen MR) is 123 cm³/mol. The van der Waals surface area contributed by atoms with E-state index < -0.39 is 5.41 Å². The number of carbonyl (C=O) groups is 3. The van der Waals surface area contributed by atoms with Crippen molar-refractivity contribution in [2.24, 2.45) is 0 Å². The average molecular weight is 461 g/mol. The fourth-order valence-corrected chi connectivity index (χ4v) is 4.77. The van der Waals surface area contributed by atoms with Crippen LogP contribution in [0.1, 0.15) is 50.5 Å². The van der Waals surface area contributed by atoms with Crippen molar-refractivity contribution >= 4 is 17.7 Å². The number of nitrogens with zero attached hydrogens (tertiary/aromatic N) is 2. The first-order chi connectivity index (χ1) is 15.9. The van der Waals surface area contributed by atoms with Crippen LogP contribution in [-0.4, -0.2) is 81.2 Å². The zero-order valence-electron chi connectivity index (χ0n) is 20.0. The van der Waals surface area contributed by atoms with Gasteiger partial charge in [0.1, 0.15) is 5.75 Å².